The molecule has 1 amide bonds. The molecule has 0 spiro atoms. The second-order valence-corrected chi connectivity index (χ2v) is 6.48. The molecular formula is C16H15BrN6O2. The van der Waals surface area contributed by atoms with E-state index in [2.05, 4.69) is 41.2 Å². The Kier molecular flexibility index (Phi) is 4.22. The molecule has 1 N–H and O–H groups in total. The number of rotatable bonds is 3. The molecule has 4 heterocycles. The van der Waals surface area contributed by atoms with Gasteiger partial charge in [-0.3, -0.25) is 10.3 Å². The van der Waals surface area contributed by atoms with Crippen LogP contribution in [0.3, 0.4) is 0 Å². The number of anilines is 2. The van der Waals surface area contributed by atoms with Gasteiger partial charge in [0.25, 0.3) is 0 Å². The second kappa shape index (κ2) is 6.67. The molecule has 0 radical (unpaired) electrons. The third-order valence-corrected chi connectivity index (χ3v) is 4.48. The molecule has 0 atom stereocenters. The van der Waals surface area contributed by atoms with Crippen molar-refractivity contribution in [3.8, 4) is 5.75 Å². The lowest BCUT2D eigenvalue weighted by molar-refractivity contribution is 0.215. The molecule has 9 heteroatoms. The van der Waals surface area contributed by atoms with E-state index in [1.807, 2.05) is 6.07 Å². The molecule has 1 aliphatic heterocycles. The Labute approximate surface area is 152 Å². The molecular weight excluding hydrogens is 388 g/mol. The van der Waals surface area contributed by atoms with E-state index in [4.69, 9.17) is 4.74 Å². The van der Waals surface area contributed by atoms with Gasteiger partial charge in [0, 0.05) is 25.4 Å². The van der Waals surface area contributed by atoms with Crippen LogP contribution in [0.2, 0.25) is 0 Å². The number of hydrogen-bond donors (Lipinski definition) is 1. The maximum Gasteiger partial charge on any atom is 0.418 e. The number of carbonyl (C=O) groups excluding carboxylic acids is 1. The first-order valence-corrected chi connectivity index (χ1v) is 8.68. The lowest BCUT2D eigenvalue weighted by Crippen LogP contribution is -2.22. The summed E-state index contributed by atoms with van der Waals surface area (Å²) in [7, 11) is 0. The average Bonchev–Trinajstić information content (AvgIpc) is 3.26. The summed E-state index contributed by atoms with van der Waals surface area (Å²) in [4.78, 5) is 23.0. The quantitative estimate of drug-likeness (QED) is 0.724. The van der Waals surface area contributed by atoms with E-state index < -0.39 is 6.09 Å². The Balaban J connectivity index is 1.64. The number of ether oxygens (including phenoxy) is 1. The van der Waals surface area contributed by atoms with E-state index in [1.165, 1.54) is 6.20 Å². The van der Waals surface area contributed by atoms with Gasteiger partial charge in [0.2, 0.25) is 0 Å². The number of hydrogen-bond acceptors (Lipinski definition) is 6. The Hall–Kier alpha value is -2.68. The minimum absolute atomic E-state index is 0.367. The van der Waals surface area contributed by atoms with E-state index in [9.17, 15) is 4.79 Å². The monoisotopic (exact) mass is 402 g/mol. The fourth-order valence-electron chi connectivity index (χ4n) is 2.77. The topological polar surface area (TPSA) is 84.7 Å². The Morgan fingerprint density at radius 1 is 1.28 bits per heavy atom. The molecule has 4 rings (SSSR count). The SMILES string of the molecule is O=C(Nc1cc(N2CCCC2)nc2c(Br)cnn12)Oc1cccnc1. The summed E-state index contributed by atoms with van der Waals surface area (Å²) in [6.07, 6.45) is 6.40. The van der Waals surface area contributed by atoms with Crippen LogP contribution in [-0.4, -0.2) is 38.8 Å². The minimum atomic E-state index is -0.612. The molecule has 0 saturated carbocycles. The number of halogens is 1. The molecule has 1 fully saturated rings. The van der Waals surface area contributed by atoms with Crippen LogP contribution < -0.4 is 15.0 Å². The minimum Gasteiger partial charge on any atom is -0.408 e. The van der Waals surface area contributed by atoms with Gasteiger partial charge in [-0.15, -0.1) is 0 Å². The highest BCUT2D eigenvalue weighted by Crippen LogP contribution is 2.26. The zero-order valence-corrected chi connectivity index (χ0v) is 14.8. The summed E-state index contributed by atoms with van der Waals surface area (Å²) in [6.45, 7) is 1.91. The molecule has 0 aliphatic carbocycles. The molecule has 1 aliphatic rings. The molecule has 0 unspecified atom stereocenters. The number of nitrogens with one attached hydrogen (secondary N) is 1. The van der Waals surface area contributed by atoms with Gasteiger partial charge >= 0.3 is 6.09 Å². The van der Waals surface area contributed by atoms with Crippen LogP contribution in [0.5, 0.6) is 5.75 Å². The first-order valence-electron chi connectivity index (χ1n) is 7.89. The first kappa shape index (κ1) is 15.8. The van der Waals surface area contributed by atoms with Gasteiger partial charge < -0.3 is 9.64 Å². The van der Waals surface area contributed by atoms with E-state index in [0.717, 1.165) is 36.2 Å². The van der Waals surface area contributed by atoms with Gasteiger partial charge in [-0.05, 0) is 40.9 Å². The summed E-state index contributed by atoms with van der Waals surface area (Å²) in [5, 5.41) is 6.99. The zero-order valence-electron chi connectivity index (χ0n) is 13.2. The van der Waals surface area contributed by atoms with Crippen molar-refractivity contribution in [3.05, 3.63) is 41.3 Å². The van der Waals surface area contributed by atoms with Crippen LogP contribution in [0, 0.1) is 0 Å². The molecule has 8 nitrogen and oxygen atoms in total. The third-order valence-electron chi connectivity index (χ3n) is 3.92. The molecule has 3 aromatic rings. The van der Waals surface area contributed by atoms with Crippen LogP contribution in [0.4, 0.5) is 16.4 Å². The smallest absolute Gasteiger partial charge is 0.408 e. The third kappa shape index (κ3) is 3.27. The van der Waals surface area contributed by atoms with Crippen molar-refractivity contribution in [2.24, 2.45) is 0 Å². The van der Waals surface area contributed by atoms with Crippen LogP contribution in [0.15, 0.2) is 41.3 Å². The second-order valence-electron chi connectivity index (χ2n) is 5.62. The summed E-state index contributed by atoms with van der Waals surface area (Å²) >= 11 is 3.45. The number of nitrogens with zero attached hydrogens (tertiary/aromatic N) is 5. The predicted molar refractivity (Wildman–Crippen MR) is 96.0 cm³/mol. The van der Waals surface area contributed by atoms with Crippen molar-refractivity contribution >= 4 is 39.3 Å². The highest BCUT2D eigenvalue weighted by Gasteiger charge is 2.19. The van der Waals surface area contributed by atoms with Gasteiger partial charge in [-0.2, -0.15) is 9.61 Å². The van der Waals surface area contributed by atoms with Crippen molar-refractivity contribution < 1.29 is 9.53 Å². The standard InChI is InChI=1S/C16H15BrN6O2/c17-12-10-19-23-14(21-16(24)25-11-4-3-5-18-9-11)8-13(20-15(12)23)22-6-1-2-7-22/h3-5,8-10H,1-2,6-7H2,(H,21,24). The Morgan fingerprint density at radius 3 is 2.88 bits per heavy atom. The fourth-order valence-corrected chi connectivity index (χ4v) is 3.11. The number of aromatic nitrogens is 4. The zero-order chi connectivity index (χ0) is 17.2. The van der Waals surface area contributed by atoms with Gasteiger partial charge in [-0.1, -0.05) is 0 Å². The summed E-state index contributed by atoms with van der Waals surface area (Å²) in [6, 6.07) is 5.17. The maximum atomic E-state index is 12.2. The van der Waals surface area contributed by atoms with E-state index in [0.29, 0.717) is 17.2 Å². The lowest BCUT2D eigenvalue weighted by atomic mass is 10.4. The van der Waals surface area contributed by atoms with Crippen molar-refractivity contribution in [2.75, 3.05) is 23.3 Å². The Bertz CT molecular complexity index is 908. The van der Waals surface area contributed by atoms with Gasteiger partial charge in [0.15, 0.2) is 11.4 Å². The highest BCUT2D eigenvalue weighted by molar-refractivity contribution is 9.10. The number of amides is 1. The van der Waals surface area contributed by atoms with Crippen molar-refractivity contribution in [1.29, 1.82) is 0 Å². The molecule has 25 heavy (non-hydrogen) atoms. The van der Waals surface area contributed by atoms with Crippen molar-refractivity contribution in [3.63, 3.8) is 0 Å². The van der Waals surface area contributed by atoms with E-state index in [-0.39, 0.29) is 0 Å². The lowest BCUT2D eigenvalue weighted by Gasteiger charge is -2.18. The van der Waals surface area contributed by atoms with Crippen LogP contribution in [-0.2, 0) is 0 Å². The van der Waals surface area contributed by atoms with Crippen LogP contribution in [0.25, 0.3) is 5.65 Å². The average molecular weight is 403 g/mol. The summed E-state index contributed by atoms with van der Waals surface area (Å²) in [5.74, 6) is 1.67. The van der Waals surface area contributed by atoms with E-state index in [1.54, 1.807) is 29.0 Å². The summed E-state index contributed by atoms with van der Waals surface area (Å²) in [5.41, 5.74) is 0.640. The van der Waals surface area contributed by atoms with Crippen LogP contribution in [0.1, 0.15) is 12.8 Å². The summed E-state index contributed by atoms with van der Waals surface area (Å²) < 4.78 is 7.56. The Morgan fingerprint density at radius 2 is 2.12 bits per heavy atom. The van der Waals surface area contributed by atoms with E-state index >= 15 is 0 Å². The van der Waals surface area contributed by atoms with Gasteiger partial charge in [-0.25, -0.2) is 9.78 Å². The van der Waals surface area contributed by atoms with Gasteiger partial charge in [0.05, 0.1) is 16.9 Å². The molecule has 0 aromatic carbocycles. The number of pyridine rings is 1. The normalized spacial score (nSPS) is 14.0. The number of fused-ring (bicyclic) bond motifs is 1. The maximum absolute atomic E-state index is 12.2. The van der Waals surface area contributed by atoms with Crippen molar-refractivity contribution in [1.82, 2.24) is 19.6 Å². The molecule has 3 aromatic heterocycles. The first-order chi connectivity index (χ1) is 12.2. The van der Waals surface area contributed by atoms with Crippen LogP contribution >= 0.6 is 15.9 Å². The van der Waals surface area contributed by atoms with Gasteiger partial charge in [0.1, 0.15) is 11.6 Å². The molecule has 128 valence electrons. The largest absolute Gasteiger partial charge is 0.418 e. The van der Waals surface area contributed by atoms with Crippen molar-refractivity contribution in [2.45, 2.75) is 12.8 Å². The fraction of sp³-hybridized carbons (Fsp3) is 0.250. The predicted octanol–water partition coefficient (Wildman–Crippen LogP) is 3.10. The highest BCUT2D eigenvalue weighted by atomic mass is 79.9. The molecule has 1 saturated heterocycles. The molecule has 0 bridgehead atoms. The number of carbonyl (C=O) groups is 1.